The number of rotatable bonds is 3. The van der Waals surface area contributed by atoms with Crippen molar-refractivity contribution in [1.29, 1.82) is 0 Å². The summed E-state index contributed by atoms with van der Waals surface area (Å²) in [5.41, 5.74) is 0.536. The summed E-state index contributed by atoms with van der Waals surface area (Å²) in [6, 6.07) is 8.50. The van der Waals surface area contributed by atoms with Crippen molar-refractivity contribution in [3.05, 3.63) is 46.3 Å². The van der Waals surface area contributed by atoms with Gasteiger partial charge in [0.1, 0.15) is 5.58 Å². The highest BCUT2D eigenvalue weighted by atomic mass is 16.3. The Balaban J connectivity index is 1.39. The molecule has 1 aromatic carbocycles. The van der Waals surface area contributed by atoms with E-state index in [2.05, 4.69) is 12.2 Å². The molecule has 0 saturated heterocycles. The lowest BCUT2D eigenvalue weighted by Gasteiger charge is -2.59. The minimum absolute atomic E-state index is 0.111. The van der Waals surface area contributed by atoms with Crippen LogP contribution in [0.15, 0.2) is 39.5 Å². The SMILES string of the molecule is CC(NC(=O)c1cc(=O)c2ccccc2o1)C12CC3CC(CC(C3)C1)C2. The highest BCUT2D eigenvalue weighted by Gasteiger charge is 2.53. The van der Waals surface area contributed by atoms with E-state index in [1.807, 2.05) is 6.07 Å². The molecule has 4 nitrogen and oxygen atoms in total. The summed E-state index contributed by atoms with van der Waals surface area (Å²) in [7, 11) is 0. The van der Waals surface area contributed by atoms with Crippen molar-refractivity contribution in [2.75, 3.05) is 0 Å². The summed E-state index contributed by atoms with van der Waals surface area (Å²) in [6.45, 7) is 2.14. The molecule has 1 aromatic heterocycles. The van der Waals surface area contributed by atoms with Gasteiger partial charge in [-0.2, -0.15) is 0 Å². The minimum Gasteiger partial charge on any atom is -0.451 e. The van der Waals surface area contributed by atoms with Crippen molar-refractivity contribution in [3.63, 3.8) is 0 Å². The standard InChI is InChI=1S/C22H25NO3/c1-13(22-10-14-6-15(11-22)8-16(7-14)12-22)23-21(25)20-9-18(24)17-4-2-3-5-19(17)26-20/h2-5,9,13-16H,6-8,10-12H2,1H3,(H,23,25). The van der Waals surface area contributed by atoms with Gasteiger partial charge in [-0.3, -0.25) is 9.59 Å². The molecule has 0 spiro atoms. The second kappa shape index (κ2) is 5.70. The number of carbonyl (C=O) groups is 1. The van der Waals surface area contributed by atoms with Crippen molar-refractivity contribution < 1.29 is 9.21 Å². The Kier molecular flexibility index (Phi) is 3.53. The molecule has 1 amide bonds. The molecule has 4 fully saturated rings. The van der Waals surface area contributed by atoms with E-state index in [1.54, 1.807) is 18.2 Å². The molecule has 1 N–H and O–H groups in total. The fraction of sp³-hybridized carbons (Fsp3) is 0.545. The zero-order valence-electron chi connectivity index (χ0n) is 15.2. The van der Waals surface area contributed by atoms with E-state index in [0.29, 0.717) is 11.0 Å². The van der Waals surface area contributed by atoms with Crippen molar-refractivity contribution in [2.45, 2.75) is 51.5 Å². The molecule has 0 radical (unpaired) electrons. The van der Waals surface area contributed by atoms with Gasteiger partial charge in [0.2, 0.25) is 0 Å². The maximum atomic E-state index is 12.8. The van der Waals surface area contributed by atoms with Gasteiger partial charge in [-0.15, -0.1) is 0 Å². The number of hydrogen-bond donors (Lipinski definition) is 1. The van der Waals surface area contributed by atoms with Gasteiger partial charge in [-0.1, -0.05) is 12.1 Å². The smallest absolute Gasteiger partial charge is 0.287 e. The largest absolute Gasteiger partial charge is 0.451 e. The monoisotopic (exact) mass is 351 g/mol. The van der Waals surface area contributed by atoms with Crippen LogP contribution in [0.5, 0.6) is 0 Å². The highest BCUT2D eigenvalue weighted by Crippen LogP contribution is 2.61. The molecule has 4 bridgehead atoms. The Labute approximate surface area is 153 Å². The average Bonchev–Trinajstić information content (AvgIpc) is 2.60. The number of carbonyl (C=O) groups excluding carboxylic acids is 1. The van der Waals surface area contributed by atoms with Crippen LogP contribution >= 0.6 is 0 Å². The van der Waals surface area contributed by atoms with Crippen LogP contribution in [0.4, 0.5) is 0 Å². The molecule has 0 aliphatic heterocycles. The number of benzene rings is 1. The summed E-state index contributed by atoms with van der Waals surface area (Å²) in [6.07, 6.45) is 7.88. The van der Waals surface area contributed by atoms with Gasteiger partial charge < -0.3 is 9.73 Å². The molecule has 26 heavy (non-hydrogen) atoms. The Morgan fingerprint density at radius 2 is 1.73 bits per heavy atom. The summed E-state index contributed by atoms with van der Waals surface area (Å²) >= 11 is 0. The fourth-order valence-electron chi connectivity index (χ4n) is 6.34. The fourth-order valence-corrected chi connectivity index (χ4v) is 6.34. The molecule has 136 valence electrons. The third-order valence-corrected chi connectivity index (χ3v) is 7.21. The first-order valence-electron chi connectivity index (χ1n) is 9.86. The van der Waals surface area contributed by atoms with Crippen molar-refractivity contribution >= 4 is 16.9 Å². The van der Waals surface area contributed by atoms with E-state index < -0.39 is 0 Å². The number of fused-ring (bicyclic) bond motifs is 1. The van der Waals surface area contributed by atoms with Gasteiger partial charge >= 0.3 is 0 Å². The molecule has 4 aliphatic rings. The third-order valence-electron chi connectivity index (χ3n) is 7.21. The van der Waals surface area contributed by atoms with Gasteiger partial charge in [0.25, 0.3) is 5.91 Å². The maximum Gasteiger partial charge on any atom is 0.287 e. The van der Waals surface area contributed by atoms with Crippen LogP contribution in [0.1, 0.15) is 56.0 Å². The lowest BCUT2D eigenvalue weighted by atomic mass is 9.48. The normalized spacial score (nSPS) is 33.3. The van der Waals surface area contributed by atoms with Crippen molar-refractivity contribution in [3.8, 4) is 0 Å². The maximum absolute atomic E-state index is 12.8. The predicted octanol–water partition coefficient (Wildman–Crippen LogP) is 4.13. The Hall–Kier alpha value is -2.10. The molecular weight excluding hydrogens is 326 g/mol. The van der Waals surface area contributed by atoms with E-state index in [0.717, 1.165) is 17.8 Å². The van der Waals surface area contributed by atoms with Crippen LogP contribution in [-0.4, -0.2) is 11.9 Å². The molecule has 4 aliphatic carbocycles. The second-order valence-corrected chi connectivity index (χ2v) is 8.95. The number of hydrogen-bond acceptors (Lipinski definition) is 3. The van der Waals surface area contributed by atoms with E-state index in [-0.39, 0.29) is 28.6 Å². The first kappa shape index (κ1) is 16.1. The Bertz CT molecular complexity index is 893. The van der Waals surface area contributed by atoms with Gasteiger partial charge in [0.05, 0.1) is 5.39 Å². The molecular formula is C22H25NO3. The zero-order chi connectivity index (χ0) is 17.9. The van der Waals surface area contributed by atoms with E-state index >= 15 is 0 Å². The lowest BCUT2D eigenvalue weighted by molar-refractivity contribution is -0.0688. The lowest BCUT2D eigenvalue weighted by Crippen LogP contribution is -2.55. The van der Waals surface area contributed by atoms with Crippen LogP contribution in [0, 0.1) is 23.2 Å². The number of para-hydroxylation sites is 1. The summed E-state index contributed by atoms with van der Waals surface area (Å²) in [4.78, 5) is 25.1. The Morgan fingerprint density at radius 1 is 1.12 bits per heavy atom. The number of nitrogens with one attached hydrogen (secondary N) is 1. The predicted molar refractivity (Wildman–Crippen MR) is 100 cm³/mol. The second-order valence-electron chi connectivity index (χ2n) is 8.95. The molecule has 1 atom stereocenters. The zero-order valence-corrected chi connectivity index (χ0v) is 15.2. The van der Waals surface area contributed by atoms with Gasteiger partial charge in [-0.25, -0.2) is 0 Å². The minimum atomic E-state index is -0.268. The van der Waals surface area contributed by atoms with Crippen molar-refractivity contribution in [1.82, 2.24) is 5.32 Å². The summed E-state index contributed by atoms with van der Waals surface area (Å²) in [5.74, 6) is 2.39. The van der Waals surface area contributed by atoms with Gasteiger partial charge in [0.15, 0.2) is 11.2 Å². The van der Waals surface area contributed by atoms with Crippen LogP contribution in [0.25, 0.3) is 11.0 Å². The van der Waals surface area contributed by atoms with Crippen LogP contribution < -0.4 is 10.7 Å². The Morgan fingerprint density at radius 3 is 2.38 bits per heavy atom. The average molecular weight is 351 g/mol. The highest BCUT2D eigenvalue weighted by molar-refractivity contribution is 5.93. The van der Waals surface area contributed by atoms with E-state index in [1.165, 1.54) is 44.6 Å². The number of amides is 1. The quantitative estimate of drug-likeness (QED) is 0.904. The van der Waals surface area contributed by atoms with Crippen LogP contribution in [0.3, 0.4) is 0 Å². The molecule has 1 unspecified atom stereocenters. The first-order chi connectivity index (χ1) is 12.5. The topological polar surface area (TPSA) is 59.3 Å². The van der Waals surface area contributed by atoms with E-state index in [4.69, 9.17) is 4.42 Å². The molecule has 4 saturated carbocycles. The molecule has 2 aromatic rings. The molecule has 1 heterocycles. The first-order valence-corrected chi connectivity index (χ1v) is 9.86. The summed E-state index contributed by atoms with van der Waals surface area (Å²) in [5, 5.41) is 3.69. The van der Waals surface area contributed by atoms with Gasteiger partial charge in [0, 0.05) is 12.1 Å². The summed E-state index contributed by atoms with van der Waals surface area (Å²) < 4.78 is 5.71. The third kappa shape index (κ3) is 2.50. The van der Waals surface area contributed by atoms with E-state index in [9.17, 15) is 9.59 Å². The molecule has 6 rings (SSSR count). The van der Waals surface area contributed by atoms with Gasteiger partial charge in [-0.05, 0) is 80.8 Å². The molecule has 4 heteroatoms. The van der Waals surface area contributed by atoms with Crippen LogP contribution in [-0.2, 0) is 0 Å². The van der Waals surface area contributed by atoms with Crippen molar-refractivity contribution in [2.24, 2.45) is 23.2 Å². The van der Waals surface area contributed by atoms with Crippen LogP contribution in [0.2, 0.25) is 0 Å².